The van der Waals surface area contributed by atoms with Gasteiger partial charge >= 0.3 is 0 Å². The van der Waals surface area contributed by atoms with Crippen LogP contribution in [-0.2, 0) is 0 Å². The summed E-state index contributed by atoms with van der Waals surface area (Å²) in [6, 6.07) is 4.80. The monoisotopic (exact) mass is 184 g/mol. The van der Waals surface area contributed by atoms with Crippen LogP contribution >= 0.6 is 11.3 Å². The SMILES string of the molecule is CN[C@H](C)c1ccc(N(C)C)s1. The lowest BCUT2D eigenvalue weighted by molar-refractivity contribution is 0.664. The standard InChI is InChI=1S/C9H16N2S/c1-7(10-2)8-5-6-9(12-8)11(3)4/h5-7,10H,1-4H3/t7-/m1/s1. The average Bonchev–Trinajstić information content (AvgIpc) is 2.51. The topological polar surface area (TPSA) is 15.3 Å². The second-order valence-corrected chi connectivity index (χ2v) is 4.17. The Bertz CT molecular complexity index is 242. The molecule has 1 rings (SSSR count). The minimum atomic E-state index is 0.462. The molecule has 0 amide bonds. The number of hydrogen-bond acceptors (Lipinski definition) is 3. The summed E-state index contributed by atoms with van der Waals surface area (Å²) in [5.41, 5.74) is 0. The van der Waals surface area contributed by atoms with Crippen molar-refractivity contribution in [1.29, 1.82) is 0 Å². The fourth-order valence-corrected chi connectivity index (χ4v) is 1.95. The van der Waals surface area contributed by atoms with Gasteiger partial charge in [0, 0.05) is 25.0 Å². The molecule has 0 unspecified atom stereocenters. The molecule has 1 aromatic rings. The lowest BCUT2D eigenvalue weighted by atomic mass is 10.3. The molecular formula is C9H16N2S. The van der Waals surface area contributed by atoms with E-state index in [1.54, 1.807) is 0 Å². The summed E-state index contributed by atoms with van der Waals surface area (Å²) < 4.78 is 0. The minimum absolute atomic E-state index is 0.462. The summed E-state index contributed by atoms with van der Waals surface area (Å²) in [5, 5.41) is 4.54. The van der Waals surface area contributed by atoms with Crippen molar-refractivity contribution in [3.8, 4) is 0 Å². The minimum Gasteiger partial charge on any atom is -0.370 e. The molecule has 3 heteroatoms. The van der Waals surface area contributed by atoms with Gasteiger partial charge in [-0.2, -0.15) is 0 Å². The zero-order chi connectivity index (χ0) is 9.14. The highest BCUT2D eigenvalue weighted by molar-refractivity contribution is 7.16. The van der Waals surface area contributed by atoms with Crippen LogP contribution < -0.4 is 10.2 Å². The smallest absolute Gasteiger partial charge is 0.0906 e. The third-order valence-electron chi connectivity index (χ3n) is 1.91. The van der Waals surface area contributed by atoms with Gasteiger partial charge in [0.05, 0.1) is 5.00 Å². The second kappa shape index (κ2) is 3.92. The third kappa shape index (κ3) is 1.99. The molecule has 2 nitrogen and oxygen atoms in total. The van der Waals surface area contributed by atoms with Crippen molar-refractivity contribution in [2.24, 2.45) is 0 Å². The maximum absolute atomic E-state index is 3.23. The molecule has 0 radical (unpaired) electrons. The van der Waals surface area contributed by atoms with Crippen molar-refractivity contribution < 1.29 is 0 Å². The first kappa shape index (κ1) is 9.55. The molecule has 12 heavy (non-hydrogen) atoms. The molecule has 68 valence electrons. The van der Waals surface area contributed by atoms with Crippen LogP contribution in [0.3, 0.4) is 0 Å². The summed E-state index contributed by atoms with van der Waals surface area (Å²) in [4.78, 5) is 3.53. The Labute approximate surface area is 78.2 Å². The van der Waals surface area contributed by atoms with E-state index in [1.165, 1.54) is 9.88 Å². The predicted octanol–water partition coefficient (Wildman–Crippen LogP) is 2.09. The number of nitrogens with zero attached hydrogens (tertiary/aromatic N) is 1. The third-order valence-corrected chi connectivity index (χ3v) is 3.35. The van der Waals surface area contributed by atoms with Crippen molar-refractivity contribution in [3.63, 3.8) is 0 Å². The molecular weight excluding hydrogens is 168 g/mol. The van der Waals surface area contributed by atoms with E-state index in [9.17, 15) is 0 Å². The molecule has 0 aliphatic heterocycles. The van der Waals surface area contributed by atoms with Crippen molar-refractivity contribution >= 4 is 16.3 Å². The second-order valence-electron chi connectivity index (χ2n) is 3.08. The fraction of sp³-hybridized carbons (Fsp3) is 0.556. The van der Waals surface area contributed by atoms with Crippen LogP contribution in [0.15, 0.2) is 12.1 Å². The lowest BCUT2D eigenvalue weighted by Crippen LogP contribution is -2.10. The number of rotatable bonds is 3. The summed E-state index contributed by atoms with van der Waals surface area (Å²) in [5.74, 6) is 0. The molecule has 0 aromatic carbocycles. The van der Waals surface area contributed by atoms with Crippen molar-refractivity contribution in [1.82, 2.24) is 5.32 Å². The van der Waals surface area contributed by atoms with Gasteiger partial charge < -0.3 is 10.2 Å². The van der Waals surface area contributed by atoms with Crippen LogP contribution in [0.4, 0.5) is 5.00 Å². The average molecular weight is 184 g/mol. The largest absolute Gasteiger partial charge is 0.370 e. The van der Waals surface area contributed by atoms with Crippen molar-refractivity contribution in [2.45, 2.75) is 13.0 Å². The van der Waals surface area contributed by atoms with E-state index in [0.29, 0.717) is 6.04 Å². The van der Waals surface area contributed by atoms with E-state index in [-0.39, 0.29) is 0 Å². The molecule has 1 heterocycles. The highest BCUT2D eigenvalue weighted by Crippen LogP contribution is 2.28. The van der Waals surface area contributed by atoms with E-state index < -0.39 is 0 Å². The summed E-state index contributed by atoms with van der Waals surface area (Å²) in [6.07, 6.45) is 0. The Morgan fingerprint density at radius 2 is 2.08 bits per heavy atom. The van der Waals surface area contributed by atoms with E-state index in [0.717, 1.165) is 0 Å². The highest BCUT2D eigenvalue weighted by Gasteiger charge is 2.06. The van der Waals surface area contributed by atoms with E-state index in [2.05, 4.69) is 43.4 Å². The Morgan fingerprint density at radius 3 is 2.50 bits per heavy atom. The lowest BCUT2D eigenvalue weighted by Gasteiger charge is -2.09. The Morgan fingerprint density at radius 1 is 1.42 bits per heavy atom. The molecule has 0 aliphatic carbocycles. The van der Waals surface area contributed by atoms with E-state index >= 15 is 0 Å². The molecule has 1 aromatic heterocycles. The molecule has 0 bridgehead atoms. The zero-order valence-corrected chi connectivity index (χ0v) is 8.90. The Balaban J connectivity index is 2.77. The first-order valence-electron chi connectivity index (χ1n) is 4.09. The van der Waals surface area contributed by atoms with Gasteiger partial charge in [-0.25, -0.2) is 0 Å². The Kier molecular flexibility index (Phi) is 3.12. The number of hydrogen-bond donors (Lipinski definition) is 1. The predicted molar refractivity (Wildman–Crippen MR) is 56.1 cm³/mol. The van der Waals surface area contributed by atoms with Crippen LogP contribution in [0.1, 0.15) is 17.8 Å². The molecule has 0 saturated carbocycles. The van der Waals surface area contributed by atoms with Gasteiger partial charge in [-0.15, -0.1) is 11.3 Å². The van der Waals surface area contributed by atoms with E-state index in [4.69, 9.17) is 0 Å². The van der Waals surface area contributed by atoms with Crippen LogP contribution in [0.2, 0.25) is 0 Å². The van der Waals surface area contributed by atoms with Gasteiger partial charge in [-0.3, -0.25) is 0 Å². The number of thiophene rings is 1. The number of nitrogens with one attached hydrogen (secondary N) is 1. The maximum atomic E-state index is 3.23. The number of anilines is 1. The molecule has 0 saturated heterocycles. The maximum Gasteiger partial charge on any atom is 0.0906 e. The highest BCUT2D eigenvalue weighted by atomic mass is 32.1. The molecule has 0 fully saturated rings. The Hall–Kier alpha value is -0.540. The molecule has 0 spiro atoms. The molecule has 1 N–H and O–H groups in total. The van der Waals surface area contributed by atoms with Gasteiger partial charge in [0.25, 0.3) is 0 Å². The van der Waals surface area contributed by atoms with Crippen LogP contribution in [0.5, 0.6) is 0 Å². The fourth-order valence-electron chi connectivity index (χ4n) is 0.958. The molecule has 1 atom stereocenters. The van der Waals surface area contributed by atoms with Crippen molar-refractivity contribution in [3.05, 3.63) is 17.0 Å². The summed E-state index contributed by atoms with van der Waals surface area (Å²) in [6.45, 7) is 2.17. The summed E-state index contributed by atoms with van der Waals surface area (Å²) >= 11 is 1.84. The zero-order valence-electron chi connectivity index (χ0n) is 8.09. The molecule has 0 aliphatic rings. The first-order valence-corrected chi connectivity index (χ1v) is 4.91. The normalized spacial score (nSPS) is 13.0. The van der Waals surface area contributed by atoms with Crippen LogP contribution in [0.25, 0.3) is 0 Å². The van der Waals surface area contributed by atoms with Gasteiger partial charge in [-0.1, -0.05) is 0 Å². The van der Waals surface area contributed by atoms with Crippen LogP contribution in [-0.4, -0.2) is 21.1 Å². The van der Waals surface area contributed by atoms with Gasteiger partial charge in [-0.05, 0) is 26.1 Å². The summed E-state index contributed by atoms with van der Waals surface area (Å²) in [7, 11) is 6.12. The van der Waals surface area contributed by atoms with Gasteiger partial charge in [0.2, 0.25) is 0 Å². The van der Waals surface area contributed by atoms with Gasteiger partial charge in [0.15, 0.2) is 0 Å². The first-order chi connectivity index (χ1) is 5.65. The van der Waals surface area contributed by atoms with Crippen LogP contribution in [0, 0.1) is 0 Å². The van der Waals surface area contributed by atoms with Crippen molar-refractivity contribution in [2.75, 3.05) is 26.0 Å². The quantitative estimate of drug-likeness (QED) is 0.774. The van der Waals surface area contributed by atoms with E-state index in [1.807, 2.05) is 18.4 Å². The van der Waals surface area contributed by atoms with Gasteiger partial charge in [0.1, 0.15) is 0 Å².